The Bertz CT molecular complexity index is 6860. The molecule has 8 N–H and O–H groups in total. The van der Waals surface area contributed by atoms with Gasteiger partial charge in [0.25, 0.3) is 0 Å². The molecule has 5 aliphatic heterocycles. The second kappa shape index (κ2) is 37.8. The number of nitrogens with zero attached hydrogens (tertiary/aromatic N) is 8. The molecular formula is C113H140F4N12O13S4. The summed E-state index contributed by atoms with van der Waals surface area (Å²) in [5.74, 6) is 4.76. The minimum absolute atomic E-state index is 0.00168. The molecule has 782 valence electrons. The topological polar surface area (TPSA) is 346 Å². The van der Waals surface area contributed by atoms with Gasteiger partial charge < -0.3 is 43.4 Å². The van der Waals surface area contributed by atoms with E-state index in [-0.39, 0.29) is 170 Å². The Balaban J connectivity index is 0.000000102. The number of aryl methyl sites for hydroxylation is 1. The zero-order valence-corrected chi connectivity index (χ0v) is 86.5. The normalized spacial score (nSPS) is 34.7. The molecule has 25 nitrogen and oxygen atoms in total. The van der Waals surface area contributed by atoms with E-state index >= 15 is 0 Å². The third-order valence-corrected chi connectivity index (χ3v) is 46.7. The summed E-state index contributed by atoms with van der Waals surface area (Å²) in [4.78, 5) is 17.2. The highest BCUT2D eigenvalue weighted by Gasteiger charge is 2.65. The summed E-state index contributed by atoms with van der Waals surface area (Å²) in [6, 6.07) is 27.1. The van der Waals surface area contributed by atoms with Crippen LogP contribution in [-0.2, 0) is 50.6 Å². The summed E-state index contributed by atoms with van der Waals surface area (Å²) in [7, 11) is -13.4. The average Bonchev–Trinajstić information content (AvgIpc) is 0.801. The number of hydrogen-bond acceptors (Lipinski definition) is 17. The van der Waals surface area contributed by atoms with Gasteiger partial charge in [-0.3, -0.25) is 0 Å². The van der Waals surface area contributed by atoms with Crippen molar-refractivity contribution in [3.8, 4) is 45.0 Å². The second-order valence-corrected chi connectivity index (χ2v) is 56.8. The van der Waals surface area contributed by atoms with Crippen molar-refractivity contribution in [3.05, 3.63) is 204 Å². The van der Waals surface area contributed by atoms with Crippen LogP contribution in [0.5, 0.6) is 0 Å². The molecular weight excluding hydrogens is 1940 g/mol. The lowest BCUT2D eigenvalue weighted by molar-refractivity contribution is -0.134. The van der Waals surface area contributed by atoms with Crippen LogP contribution in [0.15, 0.2) is 147 Å². The van der Waals surface area contributed by atoms with E-state index in [9.17, 15) is 71.7 Å². The van der Waals surface area contributed by atoms with Gasteiger partial charge in [0.1, 0.15) is 23.3 Å². The van der Waals surface area contributed by atoms with Crippen molar-refractivity contribution in [3.63, 3.8) is 0 Å². The summed E-state index contributed by atoms with van der Waals surface area (Å²) in [6.45, 7) is 3.28. The van der Waals surface area contributed by atoms with E-state index < -0.39 is 64.5 Å². The van der Waals surface area contributed by atoms with Crippen LogP contribution in [0.2, 0.25) is 0 Å². The molecule has 33 heteroatoms. The van der Waals surface area contributed by atoms with Gasteiger partial charge in [0.15, 0.2) is 0 Å². The molecule has 16 bridgehead atoms. The number of halogens is 4. The molecule has 9 heterocycles. The number of ether oxygens (including phenoxy) is 1. The predicted molar refractivity (Wildman–Crippen MR) is 545 cm³/mol. The number of benzene rings is 5. The monoisotopic (exact) mass is 2080 g/mol. The Hall–Kier alpha value is -7.90. The van der Waals surface area contributed by atoms with Crippen molar-refractivity contribution in [1.29, 1.82) is 0 Å². The molecule has 4 aromatic heterocycles. The predicted octanol–water partition coefficient (Wildman–Crippen LogP) is 17.8. The Morgan fingerprint density at radius 2 is 0.596 bits per heavy atom. The van der Waals surface area contributed by atoms with Crippen LogP contribution in [0, 0.1) is 141 Å². The Morgan fingerprint density at radius 3 is 0.856 bits per heavy atom. The van der Waals surface area contributed by atoms with Crippen LogP contribution < -0.4 is 18.9 Å². The van der Waals surface area contributed by atoms with Crippen LogP contribution in [0.1, 0.15) is 269 Å². The van der Waals surface area contributed by atoms with E-state index in [0.29, 0.717) is 96.7 Å². The summed E-state index contributed by atoms with van der Waals surface area (Å²) < 4.78 is 190. The fourth-order valence-corrected chi connectivity index (χ4v) is 42.2. The van der Waals surface area contributed by atoms with Gasteiger partial charge >= 0.3 is 0 Å². The molecule has 18 aliphatic carbocycles. The highest BCUT2D eigenvalue weighted by molar-refractivity contribution is 7.90. The number of aliphatic hydroxyl groups is 4. The highest BCUT2D eigenvalue weighted by atomic mass is 32.2. The molecule has 1 saturated heterocycles. The van der Waals surface area contributed by atoms with Gasteiger partial charge in [-0.2, -0.15) is 0 Å². The first-order valence-corrected chi connectivity index (χ1v) is 61.4. The summed E-state index contributed by atoms with van der Waals surface area (Å²) in [5, 5.41) is 47.1. The van der Waals surface area contributed by atoms with Gasteiger partial charge in [0.2, 0.25) is 40.1 Å². The SMILES string of the molecule is Cc1ccc(CS(=O)(=O)NC2C3CC4CC2CC(C(O)CC2c5c(F)cccc5-c5cncn52)(C4)C3)cc1.O=S(=O)(CC1CCC1)NC1C2CC3CC1CC(C(O)CC1c4c(F)cccc4-c4cncn41)(C3)C2.O=S(=O)(CC1CCCC1)NC1C2CC3CC1CC(C(O)CC1c4c(F)cccc4-c4cncn41)(C3)C2.O=S(=O)(CC1CCOCC1)NC1C2CC3CC1CC(C(O)CC1c4c(F)cccc4-c4cncn41)(C3)C2. The maximum atomic E-state index is 15.0. The van der Waals surface area contributed by atoms with Crippen molar-refractivity contribution in [2.75, 3.05) is 30.5 Å². The minimum atomic E-state index is -3.48. The van der Waals surface area contributed by atoms with E-state index in [4.69, 9.17) is 4.74 Å². The lowest BCUT2D eigenvalue weighted by Crippen LogP contribution is -2.62. The van der Waals surface area contributed by atoms with Crippen molar-refractivity contribution in [1.82, 2.24) is 57.1 Å². The number of nitrogens with one attached hydrogen (secondary N) is 4. The number of rotatable bonds is 28. The maximum absolute atomic E-state index is 15.0. The number of sulfonamides is 4. The number of aromatic nitrogens is 8. The summed E-state index contributed by atoms with van der Waals surface area (Å²) >= 11 is 0. The highest BCUT2D eigenvalue weighted by Crippen LogP contribution is 2.68. The van der Waals surface area contributed by atoms with Crippen LogP contribution in [-0.4, -0.2) is 171 Å². The number of aliphatic hydroxyl groups excluding tert-OH is 4. The lowest BCUT2D eigenvalue weighted by Gasteiger charge is -2.61. The summed E-state index contributed by atoms with van der Waals surface area (Å²) in [6.07, 6.45) is 41.7. The smallest absolute Gasteiger partial charge is 0.216 e. The minimum Gasteiger partial charge on any atom is -0.392 e. The Labute approximate surface area is 854 Å². The number of imidazole rings is 4. The first-order valence-electron chi connectivity index (χ1n) is 54.7. The largest absolute Gasteiger partial charge is 0.392 e. The Morgan fingerprint density at radius 1 is 0.342 bits per heavy atom. The molecule has 23 aliphatic rings. The van der Waals surface area contributed by atoms with E-state index in [1.807, 2.05) is 73.7 Å². The quantitative estimate of drug-likeness (QED) is 0.0211. The van der Waals surface area contributed by atoms with Gasteiger partial charge in [-0.05, 0) is 340 Å². The molecule has 19 fully saturated rings. The fraction of sp³-hybridized carbons (Fsp3) is 0.628. The second-order valence-electron chi connectivity index (χ2n) is 49.6. The fourth-order valence-electron chi connectivity index (χ4n) is 35.1. The molecule has 9 aromatic rings. The van der Waals surface area contributed by atoms with E-state index in [1.54, 1.807) is 74.4 Å². The zero-order chi connectivity index (χ0) is 100. The van der Waals surface area contributed by atoms with Gasteiger partial charge in [-0.15, -0.1) is 0 Å². The molecule has 32 rings (SSSR count). The van der Waals surface area contributed by atoms with Gasteiger partial charge in [-0.1, -0.05) is 97.6 Å². The zero-order valence-electron chi connectivity index (χ0n) is 83.2. The third-order valence-electron chi connectivity index (χ3n) is 40.7. The maximum Gasteiger partial charge on any atom is 0.216 e. The molecule has 0 radical (unpaired) electrons. The third kappa shape index (κ3) is 18.0. The van der Waals surface area contributed by atoms with Crippen molar-refractivity contribution >= 4 is 40.1 Å². The first-order chi connectivity index (χ1) is 70.2. The summed E-state index contributed by atoms with van der Waals surface area (Å²) in [5.41, 5.74) is 10.7. The first kappa shape index (κ1) is 98.8. The van der Waals surface area contributed by atoms with E-state index in [2.05, 4.69) is 38.8 Å². The molecule has 18 saturated carbocycles. The van der Waals surface area contributed by atoms with E-state index in [0.717, 1.165) is 242 Å². The van der Waals surface area contributed by atoms with Crippen molar-refractivity contribution in [2.45, 2.75) is 297 Å². The Kier molecular flexibility index (Phi) is 25.6. The lowest BCUT2D eigenvalue weighted by atomic mass is 9.46. The van der Waals surface area contributed by atoms with Gasteiger partial charge in [0, 0.05) is 81.9 Å². The average molecular weight is 2080 g/mol. The van der Waals surface area contributed by atoms with Crippen molar-refractivity contribution < 1.29 is 76.4 Å². The van der Waals surface area contributed by atoms with Crippen LogP contribution in [0.3, 0.4) is 0 Å². The molecule has 146 heavy (non-hydrogen) atoms. The van der Waals surface area contributed by atoms with E-state index in [1.165, 1.54) is 24.3 Å². The standard InChI is InChI=1S/C30H34FN3O3S.C28H36FN3O4S.C28H36FN3O3S.C27H34FN3O3S/c1-18-5-7-19(8-6-18)16-38(36,37)33-29-21-9-20-10-22(29)14-30(12-20,13-21)27(35)11-25-28-23(3-2-4-24(28)31)26-15-32-17-34(25)26;29-22-3-1-2-21-24-14-30-16-32(24)23(26(21)22)10-25(33)28-11-18-8-19(12-28)27(20(9-18)13-28)31-37(34,35)15-17-4-6-36-7-5-17;29-22-7-3-6-21-24-14-30-16-32(24)23(26(21)22)10-25(33)28-11-18-8-19(12-28)27(20(9-18)13-28)31-36(34,35)15-17-4-1-2-5-17;28-21-6-2-5-20-23-13-29-15-31(23)22(25(20)21)9-24(32)27-10-17-7-18(11-27)26(19(8-17)12-27)30-35(33,34)14-16-3-1-4-16/h2-8,15,17,20-22,25,27,29,33,35H,9-14,16H2,1H3;1-3,14,16-20,23,25,27,31,33H,4-13,15H2;3,6-7,14,16-20,23,25,27,31,33H,1-2,4-5,8-13,15H2;2,5-6,13,15-19,22,24,26,30,32H,1,3-4,7-12,14H2. The van der Waals surface area contributed by atoms with Crippen LogP contribution in [0.4, 0.5) is 17.6 Å². The van der Waals surface area contributed by atoms with Crippen LogP contribution >= 0.6 is 0 Å². The number of hydrogen-bond donors (Lipinski definition) is 8. The molecule has 0 spiro atoms. The molecule has 16 atom stereocenters. The molecule has 5 aromatic carbocycles. The number of fused-ring (bicyclic) bond motifs is 12. The van der Waals surface area contributed by atoms with Crippen molar-refractivity contribution in [2.24, 2.45) is 110 Å². The molecule has 0 amide bonds. The van der Waals surface area contributed by atoms with Gasteiger partial charge in [-0.25, -0.2) is 90.1 Å². The van der Waals surface area contributed by atoms with Crippen LogP contribution in [0.25, 0.3) is 45.0 Å². The van der Waals surface area contributed by atoms with Gasteiger partial charge in [0.05, 0.1) is 144 Å². The molecule has 16 unspecified atom stereocenters.